The summed E-state index contributed by atoms with van der Waals surface area (Å²) in [7, 11) is 0. The van der Waals surface area contributed by atoms with Crippen LogP contribution in [-0.4, -0.2) is 31.6 Å². The quantitative estimate of drug-likeness (QED) is 0.559. The van der Waals surface area contributed by atoms with Crippen molar-refractivity contribution in [2.45, 2.75) is 6.92 Å². The van der Waals surface area contributed by atoms with E-state index in [0.29, 0.717) is 11.5 Å². The van der Waals surface area contributed by atoms with Crippen molar-refractivity contribution in [3.05, 3.63) is 24.9 Å². The lowest BCUT2D eigenvalue weighted by Crippen LogP contribution is -2.16. The summed E-state index contributed by atoms with van der Waals surface area (Å²) in [6.45, 7) is 2.03. The van der Waals surface area contributed by atoms with Gasteiger partial charge in [-0.3, -0.25) is 5.43 Å². The second-order valence-electron chi connectivity index (χ2n) is 3.61. The van der Waals surface area contributed by atoms with Crippen molar-refractivity contribution in [2.75, 3.05) is 12.0 Å². The van der Waals surface area contributed by atoms with E-state index in [0.717, 1.165) is 5.52 Å². The van der Waals surface area contributed by atoms with Crippen molar-refractivity contribution >= 4 is 17.0 Å². The van der Waals surface area contributed by atoms with E-state index in [1.165, 1.54) is 6.33 Å². The van der Waals surface area contributed by atoms with Gasteiger partial charge in [-0.25, -0.2) is 15.0 Å². The molecular formula is C10H14N6O. The van der Waals surface area contributed by atoms with E-state index in [1.807, 2.05) is 13.0 Å². The third kappa shape index (κ3) is 2.70. The highest BCUT2D eigenvalue weighted by molar-refractivity contribution is 5.81. The largest absolute Gasteiger partial charge is 0.396 e. The fourth-order valence-electron chi connectivity index (χ4n) is 1.24. The molecule has 0 aliphatic rings. The van der Waals surface area contributed by atoms with Crippen molar-refractivity contribution in [3.63, 3.8) is 0 Å². The van der Waals surface area contributed by atoms with Crippen molar-refractivity contribution in [1.82, 2.24) is 25.4 Å². The average Bonchev–Trinajstić information content (AvgIpc) is 2.83. The first-order valence-electron chi connectivity index (χ1n) is 5.24. The van der Waals surface area contributed by atoms with Crippen LogP contribution in [0.1, 0.15) is 6.92 Å². The molecule has 0 fully saturated rings. The van der Waals surface area contributed by atoms with E-state index in [2.05, 4.69) is 30.8 Å². The molecular weight excluding hydrogens is 220 g/mol. The Morgan fingerprint density at radius 3 is 3.18 bits per heavy atom. The number of imidazole rings is 1. The van der Waals surface area contributed by atoms with Gasteiger partial charge in [0, 0.05) is 12.8 Å². The molecule has 1 atom stereocenters. The van der Waals surface area contributed by atoms with Crippen LogP contribution in [-0.2, 0) is 0 Å². The molecule has 4 N–H and O–H groups in total. The number of nitrogens with one attached hydrogen (secondary N) is 3. The molecule has 0 aromatic carbocycles. The average molecular weight is 234 g/mol. The highest BCUT2D eigenvalue weighted by Crippen LogP contribution is 2.12. The van der Waals surface area contributed by atoms with Gasteiger partial charge < -0.3 is 15.5 Å². The first kappa shape index (κ1) is 11.3. The lowest BCUT2D eigenvalue weighted by Gasteiger charge is -2.05. The summed E-state index contributed by atoms with van der Waals surface area (Å²) in [6, 6.07) is 0. The molecule has 0 spiro atoms. The normalized spacial score (nSPS) is 13.1. The zero-order valence-electron chi connectivity index (χ0n) is 9.38. The zero-order chi connectivity index (χ0) is 12.1. The van der Waals surface area contributed by atoms with E-state index >= 15 is 0 Å². The Labute approximate surface area is 98.0 Å². The maximum atomic E-state index is 8.83. The molecule has 2 heterocycles. The van der Waals surface area contributed by atoms with Gasteiger partial charge in [0.15, 0.2) is 11.5 Å². The van der Waals surface area contributed by atoms with Gasteiger partial charge in [0.1, 0.15) is 11.8 Å². The predicted octanol–water partition coefficient (Wildman–Crippen LogP) is 0.412. The Bertz CT molecular complexity index is 508. The van der Waals surface area contributed by atoms with Gasteiger partial charge in [-0.15, -0.1) is 0 Å². The van der Waals surface area contributed by atoms with Crippen LogP contribution < -0.4 is 10.9 Å². The molecule has 0 aliphatic heterocycles. The Balaban J connectivity index is 1.99. The first-order chi connectivity index (χ1) is 8.31. The fraction of sp³-hybridized carbons (Fsp3) is 0.300. The molecule has 0 aliphatic carbocycles. The molecule has 7 nitrogen and oxygen atoms in total. The number of H-pyrrole nitrogens is 1. The molecule has 0 radical (unpaired) electrons. The zero-order valence-corrected chi connectivity index (χ0v) is 9.38. The van der Waals surface area contributed by atoms with Gasteiger partial charge >= 0.3 is 0 Å². The molecule has 17 heavy (non-hydrogen) atoms. The summed E-state index contributed by atoms with van der Waals surface area (Å²) in [6.07, 6.45) is 6.56. The van der Waals surface area contributed by atoms with E-state index in [-0.39, 0.29) is 12.5 Å². The molecule has 0 saturated carbocycles. The lowest BCUT2D eigenvalue weighted by atomic mass is 10.2. The number of aliphatic hydroxyl groups excluding tert-OH is 1. The van der Waals surface area contributed by atoms with Crippen molar-refractivity contribution in [2.24, 2.45) is 5.92 Å². The van der Waals surface area contributed by atoms with Crippen LogP contribution in [0, 0.1) is 5.92 Å². The summed E-state index contributed by atoms with van der Waals surface area (Å²) < 4.78 is 0. The van der Waals surface area contributed by atoms with Crippen molar-refractivity contribution in [1.29, 1.82) is 0 Å². The molecule has 7 heteroatoms. The van der Waals surface area contributed by atoms with Crippen LogP contribution in [0.5, 0.6) is 0 Å². The smallest absolute Gasteiger partial charge is 0.182 e. The molecule has 1 unspecified atom stereocenters. The monoisotopic (exact) mass is 234 g/mol. The fourth-order valence-corrected chi connectivity index (χ4v) is 1.24. The SMILES string of the molecule is CC(C=CNNc1ncnc2nc[nH]c12)CO. The number of anilines is 1. The van der Waals surface area contributed by atoms with Crippen LogP contribution in [0.15, 0.2) is 24.9 Å². The van der Waals surface area contributed by atoms with E-state index in [9.17, 15) is 0 Å². The Kier molecular flexibility index (Phi) is 3.51. The van der Waals surface area contributed by atoms with Crippen molar-refractivity contribution in [3.8, 4) is 0 Å². The predicted molar refractivity (Wildman–Crippen MR) is 63.8 cm³/mol. The molecule has 2 rings (SSSR count). The molecule has 2 aromatic rings. The summed E-state index contributed by atoms with van der Waals surface area (Å²) in [5.41, 5.74) is 7.13. The highest BCUT2D eigenvalue weighted by atomic mass is 16.3. The first-order valence-corrected chi connectivity index (χ1v) is 5.24. The summed E-state index contributed by atoms with van der Waals surface area (Å²) in [5, 5.41) is 8.83. The minimum Gasteiger partial charge on any atom is -0.396 e. The topological polar surface area (TPSA) is 98.8 Å². The summed E-state index contributed by atoms with van der Waals surface area (Å²) in [5.74, 6) is 0.732. The van der Waals surface area contributed by atoms with Gasteiger partial charge in [-0.05, 0) is 5.92 Å². The van der Waals surface area contributed by atoms with Crippen LogP contribution in [0.25, 0.3) is 11.2 Å². The minimum absolute atomic E-state index is 0.113. The Morgan fingerprint density at radius 1 is 1.47 bits per heavy atom. The van der Waals surface area contributed by atoms with Crippen molar-refractivity contribution < 1.29 is 5.11 Å². The minimum atomic E-state index is 0.113. The van der Waals surface area contributed by atoms with E-state index in [4.69, 9.17) is 5.11 Å². The van der Waals surface area contributed by atoms with Crippen LogP contribution in [0.3, 0.4) is 0 Å². The van der Waals surface area contributed by atoms with Gasteiger partial charge in [0.25, 0.3) is 0 Å². The molecule has 90 valence electrons. The van der Waals surface area contributed by atoms with Crippen LogP contribution in [0.4, 0.5) is 5.82 Å². The maximum absolute atomic E-state index is 8.83. The standard InChI is InChI=1S/C10H14N6O/c1-7(4-17)2-3-15-16-10-8-9(12-5-11-8)13-6-14-10/h2-3,5-7,15,17H,4H2,1H3,(H2,11,12,13,14,16). The number of aromatic nitrogens is 4. The number of fused-ring (bicyclic) bond motifs is 1. The Hall–Kier alpha value is -2.15. The summed E-state index contributed by atoms with van der Waals surface area (Å²) in [4.78, 5) is 15.0. The number of aliphatic hydroxyl groups is 1. The van der Waals surface area contributed by atoms with E-state index < -0.39 is 0 Å². The molecule has 0 bridgehead atoms. The number of rotatable bonds is 5. The van der Waals surface area contributed by atoms with E-state index in [1.54, 1.807) is 12.5 Å². The highest BCUT2D eigenvalue weighted by Gasteiger charge is 2.03. The van der Waals surface area contributed by atoms with Gasteiger partial charge in [0.2, 0.25) is 0 Å². The Morgan fingerprint density at radius 2 is 2.35 bits per heavy atom. The van der Waals surface area contributed by atoms with Gasteiger partial charge in [-0.2, -0.15) is 0 Å². The van der Waals surface area contributed by atoms with Crippen LogP contribution >= 0.6 is 0 Å². The lowest BCUT2D eigenvalue weighted by molar-refractivity contribution is 0.261. The van der Waals surface area contributed by atoms with Gasteiger partial charge in [-0.1, -0.05) is 13.0 Å². The maximum Gasteiger partial charge on any atom is 0.182 e. The second-order valence-corrected chi connectivity index (χ2v) is 3.61. The summed E-state index contributed by atoms with van der Waals surface area (Å²) >= 11 is 0. The number of hydrogen-bond donors (Lipinski definition) is 4. The second kappa shape index (κ2) is 5.26. The third-order valence-electron chi connectivity index (χ3n) is 2.21. The van der Waals surface area contributed by atoms with Crippen LogP contribution in [0.2, 0.25) is 0 Å². The molecule has 0 amide bonds. The number of aromatic amines is 1. The number of nitrogens with zero attached hydrogens (tertiary/aromatic N) is 3. The third-order valence-corrected chi connectivity index (χ3v) is 2.21. The number of hydrazine groups is 1. The van der Waals surface area contributed by atoms with Gasteiger partial charge in [0.05, 0.1) is 6.33 Å². The number of hydrogen-bond acceptors (Lipinski definition) is 6. The molecule has 0 saturated heterocycles. The molecule has 2 aromatic heterocycles.